The first kappa shape index (κ1) is 12.4. The van der Waals surface area contributed by atoms with E-state index in [9.17, 15) is 18.3 Å². The van der Waals surface area contributed by atoms with Crippen molar-refractivity contribution in [1.29, 1.82) is 0 Å². The van der Waals surface area contributed by atoms with E-state index in [1.807, 2.05) is 0 Å². The van der Waals surface area contributed by atoms with Gasteiger partial charge in [0.25, 0.3) is 0 Å². The quantitative estimate of drug-likeness (QED) is 0.783. The summed E-state index contributed by atoms with van der Waals surface area (Å²) in [5, 5.41) is 13.0. The number of nitrogens with one attached hydrogen (secondary N) is 1. The van der Waals surface area contributed by atoms with Crippen LogP contribution in [0.2, 0.25) is 0 Å². The molecule has 2 unspecified atom stereocenters. The van der Waals surface area contributed by atoms with Crippen molar-refractivity contribution in [3.8, 4) is 0 Å². The predicted molar refractivity (Wildman–Crippen MR) is 56.9 cm³/mol. The van der Waals surface area contributed by atoms with Crippen LogP contribution in [-0.2, 0) is 0 Å². The van der Waals surface area contributed by atoms with E-state index in [2.05, 4.69) is 5.32 Å². The van der Waals surface area contributed by atoms with Gasteiger partial charge < -0.3 is 10.4 Å². The normalized spacial score (nSPS) is 22.5. The summed E-state index contributed by atoms with van der Waals surface area (Å²) in [6.45, 7) is 0.743. The molecule has 0 amide bonds. The summed E-state index contributed by atoms with van der Waals surface area (Å²) in [6, 6.07) is 0.894. The SMILES string of the molecule is OC(c1cc(F)c(F)cc1F)C1CCCCN1. The van der Waals surface area contributed by atoms with Crippen LogP contribution in [-0.4, -0.2) is 17.7 Å². The second-order valence-electron chi connectivity index (χ2n) is 4.29. The van der Waals surface area contributed by atoms with E-state index < -0.39 is 23.6 Å². The van der Waals surface area contributed by atoms with Crippen LogP contribution in [0.4, 0.5) is 13.2 Å². The van der Waals surface area contributed by atoms with E-state index in [1.165, 1.54) is 0 Å². The predicted octanol–water partition coefficient (Wildman–Crippen LogP) is 2.28. The number of hydrogen-bond donors (Lipinski definition) is 2. The molecule has 0 aromatic heterocycles. The number of benzene rings is 1. The summed E-state index contributed by atoms with van der Waals surface area (Å²) >= 11 is 0. The standard InChI is InChI=1S/C12H14F3NO/c13-8-6-10(15)9(14)5-7(8)12(17)11-3-1-2-4-16-11/h5-6,11-12,16-17H,1-4H2. The second-order valence-corrected chi connectivity index (χ2v) is 4.29. The molecule has 1 aromatic rings. The summed E-state index contributed by atoms with van der Waals surface area (Å²) < 4.78 is 39.2. The third-order valence-corrected chi connectivity index (χ3v) is 3.09. The van der Waals surface area contributed by atoms with Crippen molar-refractivity contribution in [2.24, 2.45) is 0 Å². The van der Waals surface area contributed by atoms with Crippen LogP contribution in [0.15, 0.2) is 12.1 Å². The van der Waals surface area contributed by atoms with Gasteiger partial charge in [0.05, 0.1) is 6.10 Å². The molecule has 2 N–H and O–H groups in total. The topological polar surface area (TPSA) is 32.3 Å². The number of aliphatic hydroxyl groups excluding tert-OH is 1. The zero-order valence-corrected chi connectivity index (χ0v) is 9.22. The lowest BCUT2D eigenvalue weighted by Gasteiger charge is -2.28. The first-order valence-corrected chi connectivity index (χ1v) is 5.65. The van der Waals surface area contributed by atoms with Crippen molar-refractivity contribution in [1.82, 2.24) is 5.32 Å². The van der Waals surface area contributed by atoms with Gasteiger partial charge in [-0.15, -0.1) is 0 Å². The van der Waals surface area contributed by atoms with Crippen molar-refractivity contribution < 1.29 is 18.3 Å². The third kappa shape index (κ3) is 2.61. The molecule has 1 saturated heterocycles. The molecule has 1 aliphatic heterocycles. The van der Waals surface area contributed by atoms with Crippen LogP contribution < -0.4 is 5.32 Å². The maximum Gasteiger partial charge on any atom is 0.161 e. The van der Waals surface area contributed by atoms with Crippen LogP contribution in [0.25, 0.3) is 0 Å². The summed E-state index contributed by atoms with van der Waals surface area (Å²) in [4.78, 5) is 0. The van der Waals surface area contributed by atoms with Gasteiger partial charge in [0, 0.05) is 17.7 Å². The van der Waals surface area contributed by atoms with E-state index in [4.69, 9.17) is 0 Å². The molecule has 1 fully saturated rings. The maximum atomic E-state index is 13.4. The molecule has 0 saturated carbocycles. The average Bonchev–Trinajstić information content (AvgIpc) is 2.34. The molecule has 94 valence electrons. The number of aliphatic hydroxyl groups is 1. The molecule has 2 rings (SSSR count). The van der Waals surface area contributed by atoms with E-state index >= 15 is 0 Å². The largest absolute Gasteiger partial charge is 0.387 e. The van der Waals surface area contributed by atoms with Crippen LogP contribution >= 0.6 is 0 Å². The van der Waals surface area contributed by atoms with Gasteiger partial charge in [-0.25, -0.2) is 13.2 Å². The average molecular weight is 245 g/mol. The van der Waals surface area contributed by atoms with Gasteiger partial charge in [-0.05, 0) is 25.5 Å². The summed E-state index contributed by atoms with van der Waals surface area (Å²) in [7, 11) is 0. The molecule has 17 heavy (non-hydrogen) atoms. The molecular weight excluding hydrogens is 231 g/mol. The van der Waals surface area contributed by atoms with Gasteiger partial charge in [0.2, 0.25) is 0 Å². The Labute approximate surface area is 97.5 Å². The van der Waals surface area contributed by atoms with Crippen molar-refractivity contribution in [2.75, 3.05) is 6.54 Å². The van der Waals surface area contributed by atoms with E-state index in [1.54, 1.807) is 0 Å². The van der Waals surface area contributed by atoms with E-state index in [0.29, 0.717) is 12.5 Å². The molecule has 0 spiro atoms. The molecule has 1 aromatic carbocycles. The molecule has 0 bridgehead atoms. The molecule has 0 aliphatic carbocycles. The first-order chi connectivity index (χ1) is 8.09. The van der Waals surface area contributed by atoms with Crippen molar-refractivity contribution in [3.05, 3.63) is 35.1 Å². The van der Waals surface area contributed by atoms with E-state index in [-0.39, 0.29) is 11.6 Å². The van der Waals surface area contributed by atoms with Gasteiger partial charge in [-0.3, -0.25) is 0 Å². The summed E-state index contributed by atoms with van der Waals surface area (Å²) in [5.74, 6) is -3.30. The highest BCUT2D eigenvalue weighted by Gasteiger charge is 2.26. The lowest BCUT2D eigenvalue weighted by atomic mass is 9.94. The Morgan fingerprint density at radius 1 is 1.12 bits per heavy atom. The maximum absolute atomic E-state index is 13.4. The highest BCUT2D eigenvalue weighted by atomic mass is 19.2. The Hall–Kier alpha value is -1.07. The number of piperidine rings is 1. The molecule has 1 heterocycles. The van der Waals surface area contributed by atoms with Gasteiger partial charge >= 0.3 is 0 Å². The van der Waals surface area contributed by atoms with Crippen molar-refractivity contribution >= 4 is 0 Å². The minimum Gasteiger partial charge on any atom is -0.387 e. The van der Waals surface area contributed by atoms with Crippen molar-refractivity contribution in [3.63, 3.8) is 0 Å². The fraction of sp³-hybridized carbons (Fsp3) is 0.500. The molecule has 5 heteroatoms. The Bertz CT molecular complexity index is 405. The Balaban J connectivity index is 2.23. The van der Waals surface area contributed by atoms with Crippen LogP contribution in [0.3, 0.4) is 0 Å². The Morgan fingerprint density at radius 2 is 1.82 bits per heavy atom. The van der Waals surface area contributed by atoms with Gasteiger partial charge in [-0.2, -0.15) is 0 Å². The lowest BCUT2D eigenvalue weighted by molar-refractivity contribution is 0.110. The monoisotopic (exact) mass is 245 g/mol. The van der Waals surface area contributed by atoms with Crippen LogP contribution in [0.5, 0.6) is 0 Å². The molecule has 2 nitrogen and oxygen atoms in total. The Morgan fingerprint density at radius 3 is 2.47 bits per heavy atom. The molecule has 1 aliphatic rings. The van der Waals surface area contributed by atoms with Crippen LogP contribution in [0, 0.1) is 17.5 Å². The number of halogens is 3. The smallest absolute Gasteiger partial charge is 0.161 e. The second kappa shape index (κ2) is 5.06. The highest BCUT2D eigenvalue weighted by molar-refractivity contribution is 5.23. The molecule has 2 atom stereocenters. The Kier molecular flexibility index (Phi) is 3.69. The highest BCUT2D eigenvalue weighted by Crippen LogP contribution is 2.26. The van der Waals surface area contributed by atoms with Gasteiger partial charge in [-0.1, -0.05) is 6.42 Å². The summed E-state index contributed by atoms with van der Waals surface area (Å²) in [5.41, 5.74) is -0.191. The lowest BCUT2D eigenvalue weighted by Crippen LogP contribution is -2.39. The van der Waals surface area contributed by atoms with Crippen LogP contribution in [0.1, 0.15) is 30.9 Å². The minimum absolute atomic E-state index is 0.191. The third-order valence-electron chi connectivity index (χ3n) is 3.09. The van der Waals surface area contributed by atoms with Gasteiger partial charge in [0.1, 0.15) is 5.82 Å². The first-order valence-electron chi connectivity index (χ1n) is 5.65. The molecule has 0 radical (unpaired) electrons. The fourth-order valence-corrected chi connectivity index (χ4v) is 2.13. The molecular formula is C12H14F3NO. The van der Waals surface area contributed by atoms with E-state index in [0.717, 1.165) is 25.5 Å². The van der Waals surface area contributed by atoms with Crippen molar-refractivity contribution in [2.45, 2.75) is 31.4 Å². The number of hydrogen-bond acceptors (Lipinski definition) is 2. The zero-order valence-electron chi connectivity index (χ0n) is 9.22. The number of rotatable bonds is 2. The van der Waals surface area contributed by atoms with Gasteiger partial charge in [0.15, 0.2) is 11.6 Å². The fourth-order valence-electron chi connectivity index (χ4n) is 2.13. The minimum atomic E-state index is -1.24. The zero-order chi connectivity index (χ0) is 12.4. The summed E-state index contributed by atoms with van der Waals surface area (Å²) in [6.07, 6.45) is 1.48.